The molecule has 0 spiro atoms. The highest BCUT2D eigenvalue weighted by molar-refractivity contribution is 5.76. The first-order chi connectivity index (χ1) is 8.69. The minimum absolute atomic E-state index is 0.153. The maximum atomic E-state index is 11.8. The van der Waals surface area contributed by atoms with Gasteiger partial charge in [-0.15, -0.1) is 0 Å². The monoisotopic (exact) mass is 256 g/mol. The second-order valence-electron chi connectivity index (χ2n) is 5.26. The van der Waals surface area contributed by atoms with Gasteiger partial charge in [0.25, 0.3) is 0 Å². The first-order valence-electron chi connectivity index (χ1n) is 7.30. The fourth-order valence-corrected chi connectivity index (χ4v) is 2.46. The van der Waals surface area contributed by atoms with Crippen molar-refractivity contribution in [1.29, 1.82) is 0 Å². The van der Waals surface area contributed by atoms with E-state index in [0.29, 0.717) is 25.0 Å². The maximum Gasteiger partial charge on any atom is 0.220 e. The minimum atomic E-state index is 0.153. The normalized spacial score (nSPS) is 24.4. The predicted molar refractivity (Wildman–Crippen MR) is 73.3 cm³/mol. The number of nitrogens with one attached hydrogen (secondary N) is 1. The van der Waals surface area contributed by atoms with Crippen LogP contribution >= 0.6 is 0 Å². The molecule has 0 aliphatic heterocycles. The van der Waals surface area contributed by atoms with Crippen molar-refractivity contribution >= 4 is 5.91 Å². The summed E-state index contributed by atoms with van der Waals surface area (Å²) in [5, 5.41) is 3.04. The lowest BCUT2D eigenvalue weighted by atomic mass is 9.80. The molecule has 3 N–H and O–H groups in total. The number of unbranched alkanes of at least 4 members (excludes halogenated alkanes) is 1. The van der Waals surface area contributed by atoms with Gasteiger partial charge in [-0.2, -0.15) is 0 Å². The van der Waals surface area contributed by atoms with Crippen LogP contribution in [0.15, 0.2) is 0 Å². The third kappa shape index (κ3) is 5.36. The molecule has 1 unspecified atom stereocenters. The summed E-state index contributed by atoms with van der Waals surface area (Å²) in [6.07, 6.45) is 6.34. The summed E-state index contributed by atoms with van der Waals surface area (Å²) in [5.74, 6) is 0.660. The van der Waals surface area contributed by atoms with Gasteiger partial charge in [0.2, 0.25) is 5.91 Å². The first-order valence-corrected chi connectivity index (χ1v) is 7.30. The number of ether oxygens (including phenoxy) is 1. The smallest absolute Gasteiger partial charge is 0.220 e. The molecule has 18 heavy (non-hydrogen) atoms. The van der Waals surface area contributed by atoms with E-state index in [1.54, 1.807) is 0 Å². The summed E-state index contributed by atoms with van der Waals surface area (Å²) in [6, 6.07) is 0.153. The van der Waals surface area contributed by atoms with E-state index in [1.165, 1.54) is 0 Å². The van der Waals surface area contributed by atoms with Crippen molar-refractivity contribution in [3.05, 3.63) is 0 Å². The Morgan fingerprint density at radius 2 is 2.17 bits per heavy atom. The molecule has 4 nitrogen and oxygen atoms in total. The van der Waals surface area contributed by atoms with Gasteiger partial charge in [0.1, 0.15) is 0 Å². The third-order valence-corrected chi connectivity index (χ3v) is 3.62. The van der Waals surface area contributed by atoms with E-state index in [-0.39, 0.29) is 11.9 Å². The summed E-state index contributed by atoms with van der Waals surface area (Å²) >= 11 is 0. The highest BCUT2D eigenvalue weighted by Gasteiger charge is 2.31. The van der Waals surface area contributed by atoms with E-state index in [0.717, 1.165) is 38.7 Å². The van der Waals surface area contributed by atoms with Gasteiger partial charge in [-0.3, -0.25) is 4.79 Å². The van der Waals surface area contributed by atoms with E-state index < -0.39 is 0 Å². The standard InChI is InChI=1S/C14H28N2O2/c1-3-5-6-12(10-15)16-14(17)9-11-7-13(8-11)18-4-2/h11-13H,3-10,15H2,1-2H3,(H,16,17). The Morgan fingerprint density at radius 1 is 1.44 bits per heavy atom. The Morgan fingerprint density at radius 3 is 2.72 bits per heavy atom. The molecule has 1 aliphatic carbocycles. The molecule has 1 rings (SSSR count). The number of hydrogen-bond donors (Lipinski definition) is 2. The number of amides is 1. The van der Waals surface area contributed by atoms with Crippen LogP contribution in [0.1, 0.15) is 52.4 Å². The molecular weight excluding hydrogens is 228 g/mol. The van der Waals surface area contributed by atoms with Crippen molar-refractivity contribution in [1.82, 2.24) is 5.32 Å². The Kier molecular flexibility index (Phi) is 7.28. The van der Waals surface area contributed by atoms with Gasteiger partial charge in [0, 0.05) is 25.6 Å². The summed E-state index contributed by atoms with van der Waals surface area (Å²) in [7, 11) is 0. The van der Waals surface area contributed by atoms with Crippen molar-refractivity contribution in [3.8, 4) is 0 Å². The Labute approximate surface area is 111 Å². The number of carbonyl (C=O) groups is 1. The molecule has 1 amide bonds. The van der Waals surface area contributed by atoms with Gasteiger partial charge >= 0.3 is 0 Å². The molecule has 4 heteroatoms. The Hall–Kier alpha value is -0.610. The topological polar surface area (TPSA) is 64.3 Å². The van der Waals surface area contributed by atoms with Crippen LogP contribution in [0.5, 0.6) is 0 Å². The van der Waals surface area contributed by atoms with Gasteiger partial charge in [-0.1, -0.05) is 19.8 Å². The van der Waals surface area contributed by atoms with Crippen molar-refractivity contribution in [2.45, 2.75) is 64.5 Å². The lowest BCUT2D eigenvalue weighted by Crippen LogP contribution is -2.42. The van der Waals surface area contributed by atoms with E-state index in [4.69, 9.17) is 10.5 Å². The highest BCUT2D eigenvalue weighted by atomic mass is 16.5. The van der Waals surface area contributed by atoms with Crippen LogP contribution in [0.2, 0.25) is 0 Å². The zero-order valence-corrected chi connectivity index (χ0v) is 11.8. The van der Waals surface area contributed by atoms with Gasteiger partial charge in [0.15, 0.2) is 0 Å². The fraction of sp³-hybridized carbons (Fsp3) is 0.929. The average molecular weight is 256 g/mol. The SMILES string of the molecule is CCCCC(CN)NC(=O)CC1CC(OCC)C1. The zero-order chi connectivity index (χ0) is 13.4. The van der Waals surface area contributed by atoms with Crippen LogP contribution in [-0.2, 0) is 9.53 Å². The predicted octanol–water partition coefficient (Wildman–Crippen LogP) is 1.83. The van der Waals surface area contributed by atoms with Gasteiger partial charge in [0.05, 0.1) is 6.10 Å². The minimum Gasteiger partial charge on any atom is -0.378 e. The first kappa shape index (κ1) is 15.4. The number of nitrogens with two attached hydrogens (primary N) is 1. The maximum absolute atomic E-state index is 11.8. The molecule has 0 aromatic heterocycles. The van der Waals surface area contributed by atoms with Crippen LogP contribution in [0, 0.1) is 5.92 Å². The molecule has 0 bridgehead atoms. The van der Waals surface area contributed by atoms with Crippen molar-refractivity contribution in [2.24, 2.45) is 11.7 Å². The molecule has 0 heterocycles. The highest BCUT2D eigenvalue weighted by Crippen LogP contribution is 2.32. The second kappa shape index (κ2) is 8.48. The molecular formula is C14H28N2O2. The number of hydrogen-bond acceptors (Lipinski definition) is 3. The molecule has 1 fully saturated rings. The summed E-state index contributed by atoms with van der Waals surface area (Å²) in [5.41, 5.74) is 5.67. The van der Waals surface area contributed by atoms with E-state index in [1.807, 2.05) is 6.92 Å². The molecule has 1 atom stereocenters. The summed E-state index contributed by atoms with van der Waals surface area (Å²) < 4.78 is 5.49. The average Bonchev–Trinajstić information content (AvgIpc) is 2.31. The quantitative estimate of drug-likeness (QED) is 0.661. The van der Waals surface area contributed by atoms with Crippen LogP contribution in [-0.4, -0.2) is 31.2 Å². The fourth-order valence-electron chi connectivity index (χ4n) is 2.46. The van der Waals surface area contributed by atoms with Gasteiger partial charge < -0.3 is 15.8 Å². The molecule has 0 aromatic rings. The van der Waals surface area contributed by atoms with Crippen LogP contribution < -0.4 is 11.1 Å². The van der Waals surface area contributed by atoms with Crippen LogP contribution in [0.4, 0.5) is 0 Å². The van der Waals surface area contributed by atoms with Crippen molar-refractivity contribution < 1.29 is 9.53 Å². The lowest BCUT2D eigenvalue weighted by Gasteiger charge is -2.34. The van der Waals surface area contributed by atoms with Crippen LogP contribution in [0.3, 0.4) is 0 Å². The molecule has 1 saturated carbocycles. The van der Waals surface area contributed by atoms with E-state index in [2.05, 4.69) is 12.2 Å². The molecule has 106 valence electrons. The zero-order valence-electron chi connectivity index (χ0n) is 11.8. The molecule has 1 aliphatic rings. The van der Waals surface area contributed by atoms with Crippen molar-refractivity contribution in [3.63, 3.8) is 0 Å². The Bertz CT molecular complexity index is 240. The second-order valence-corrected chi connectivity index (χ2v) is 5.26. The van der Waals surface area contributed by atoms with Crippen molar-refractivity contribution in [2.75, 3.05) is 13.2 Å². The summed E-state index contributed by atoms with van der Waals surface area (Å²) in [6.45, 7) is 5.48. The lowest BCUT2D eigenvalue weighted by molar-refractivity contribution is -0.125. The van der Waals surface area contributed by atoms with Gasteiger partial charge in [-0.05, 0) is 32.1 Å². The van der Waals surface area contributed by atoms with Gasteiger partial charge in [-0.25, -0.2) is 0 Å². The molecule has 0 radical (unpaired) electrons. The van der Waals surface area contributed by atoms with Crippen LogP contribution in [0.25, 0.3) is 0 Å². The number of carbonyl (C=O) groups excluding carboxylic acids is 1. The molecule has 0 aromatic carbocycles. The number of rotatable bonds is 9. The largest absolute Gasteiger partial charge is 0.378 e. The third-order valence-electron chi connectivity index (χ3n) is 3.62. The van der Waals surface area contributed by atoms with E-state index >= 15 is 0 Å². The molecule has 0 saturated heterocycles. The Balaban J connectivity index is 2.13. The summed E-state index contributed by atoms with van der Waals surface area (Å²) in [4.78, 5) is 11.8. The van der Waals surface area contributed by atoms with E-state index in [9.17, 15) is 4.79 Å².